The number of nitrogens with one attached hydrogen (secondary N) is 1. The normalized spacial score (nSPS) is 15.8. The highest BCUT2D eigenvalue weighted by Gasteiger charge is 2.28. The minimum Gasteiger partial charge on any atom is -0.493 e. The second kappa shape index (κ2) is 8.43. The van der Waals surface area contributed by atoms with Gasteiger partial charge in [0.15, 0.2) is 23.0 Å². The maximum Gasteiger partial charge on any atom is 0.284 e. The van der Waals surface area contributed by atoms with Crippen LogP contribution in [0, 0.1) is 0 Å². The van der Waals surface area contributed by atoms with Crippen LogP contribution < -0.4 is 24.4 Å². The van der Waals surface area contributed by atoms with E-state index in [0.29, 0.717) is 28.6 Å². The number of carbonyl (C=O) groups is 1. The molecule has 3 rings (SSSR count). The van der Waals surface area contributed by atoms with Gasteiger partial charge in [0, 0.05) is 5.56 Å². The molecule has 1 N–H and O–H groups in total. The van der Waals surface area contributed by atoms with Crippen molar-refractivity contribution in [2.45, 2.75) is 32.3 Å². The number of nitrogens with zero attached hydrogens (tertiary/aromatic N) is 1. The Labute approximate surface area is 170 Å². The molecule has 7 heteroatoms. The molecule has 1 heterocycles. The van der Waals surface area contributed by atoms with Crippen LogP contribution in [0.3, 0.4) is 0 Å². The Morgan fingerprint density at radius 3 is 2.66 bits per heavy atom. The highest BCUT2D eigenvalue weighted by Crippen LogP contribution is 2.36. The topological polar surface area (TPSA) is 78.4 Å². The molecule has 154 valence electrons. The molecule has 1 unspecified atom stereocenters. The van der Waals surface area contributed by atoms with Gasteiger partial charge >= 0.3 is 0 Å². The van der Waals surface area contributed by atoms with E-state index in [4.69, 9.17) is 18.9 Å². The number of amides is 1. The van der Waals surface area contributed by atoms with Crippen molar-refractivity contribution < 1.29 is 23.7 Å². The quantitative estimate of drug-likeness (QED) is 0.618. The summed E-state index contributed by atoms with van der Waals surface area (Å²) in [5.74, 6) is 1.91. The van der Waals surface area contributed by atoms with Crippen LogP contribution in [-0.4, -0.2) is 39.1 Å². The fourth-order valence-corrected chi connectivity index (χ4v) is 2.92. The number of benzene rings is 2. The van der Waals surface area contributed by atoms with Crippen molar-refractivity contribution in [3.05, 3.63) is 47.5 Å². The molecule has 7 nitrogen and oxygen atoms in total. The molecule has 0 aliphatic carbocycles. The zero-order valence-corrected chi connectivity index (χ0v) is 17.3. The monoisotopic (exact) mass is 398 g/mol. The second-order valence-corrected chi connectivity index (χ2v) is 7.65. The summed E-state index contributed by atoms with van der Waals surface area (Å²) in [6.07, 6.45) is 0.705. The van der Waals surface area contributed by atoms with Crippen LogP contribution in [0.4, 0.5) is 0 Å². The molecule has 0 radical (unpaired) electrons. The highest BCUT2D eigenvalue weighted by molar-refractivity contribution is 5.87. The van der Waals surface area contributed by atoms with E-state index in [2.05, 4.69) is 31.3 Å². The number of methoxy groups -OCH3 is 2. The predicted octanol–water partition coefficient (Wildman–Crippen LogP) is 3.29. The second-order valence-electron chi connectivity index (χ2n) is 7.65. The Morgan fingerprint density at radius 1 is 1.17 bits per heavy atom. The molecule has 2 aromatic rings. The molecule has 2 aromatic carbocycles. The lowest BCUT2D eigenvalue weighted by Gasteiger charge is -2.27. The lowest BCUT2D eigenvalue weighted by Crippen LogP contribution is -2.42. The molecule has 1 aliphatic heterocycles. The number of carbonyl (C=O) groups excluding carboxylic acids is 1. The van der Waals surface area contributed by atoms with Crippen LogP contribution in [0.25, 0.3) is 0 Å². The number of hydrazone groups is 1. The average molecular weight is 398 g/mol. The summed E-state index contributed by atoms with van der Waals surface area (Å²) in [6, 6.07) is 11.2. The average Bonchev–Trinajstić information content (AvgIpc) is 2.71. The summed E-state index contributed by atoms with van der Waals surface area (Å²) < 4.78 is 22.1. The minimum absolute atomic E-state index is 0.0340. The summed E-state index contributed by atoms with van der Waals surface area (Å²) in [5.41, 5.74) is 4.24. The third-order valence-electron chi connectivity index (χ3n) is 4.57. The van der Waals surface area contributed by atoms with Crippen molar-refractivity contribution in [1.29, 1.82) is 0 Å². The maximum absolute atomic E-state index is 12.5. The maximum atomic E-state index is 12.5. The van der Waals surface area contributed by atoms with E-state index in [1.54, 1.807) is 20.3 Å². The molecule has 0 spiro atoms. The standard InChI is InChI=1S/C22H26N2O5/c1-22(2,3)15-9-10-16-18(11-15)29-19(13-28-16)21(25)24-23-12-14-7-6-8-17(26-4)20(14)27-5/h6-12,19H,13H2,1-5H3,(H,24,25). The van der Waals surface area contributed by atoms with E-state index < -0.39 is 12.0 Å². The van der Waals surface area contributed by atoms with Gasteiger partial charge < -0.3 is 18.9 Å². The molecular weight excluding hydrogens is 372 g/mol. The first-order valence-electron chi connectivity index (χ1n) is 9.31. The lowest BCUT2D eigenvalue weighted by atomic mass is 9.87. The van der Waals surface area contributed by atoms with Gasteiger partial charge in [-0.1, -0.05) is 32.9 Å². The molecule has 0 fully saturated rings. The minimum atomic E-state index is -0.790. The first-order chi connectivity index (χ1) is 13.8. The summed E-state index contributed by atoms with van der Waals surface area (Å²) >= 11 is 0. The van der Waals surface area contributed by atoms with Gasteiger partial charge in [0.25, 0.3) is 5.91 Å². The number of rotatable bonds is 5. The Bertz CT molecular complexity index is 918. The van der Waals surface area contributed by atoms with Gasteiger partial charge in [0.2, 0.25) is 6.10 Å². The lowest BCUT2D eigenvalue weighted by molar-refractivity contribution is -0.130. The first kappa shape index (κ1) is 20.5. The molecule has 1 amide bonds. The van der Waals surface area contributed by atoms with Gasteiger partial charge in [-0.2, -0.15) is 5.10 Å². The van der Waals surface area contributed by atoms with E-state index in [1.807, 2.05) is 30.3 Å². The van der Waals surface area contributed by atoms with Crippen LogP contribution in [0.5, 0.6) is 23.0 Å². The largest absolute Gasteiger partial charge is 0.493 e. The van der Waals surface area contributed by atoms with Crippen molar-refractivity contribution in [1.82, 2.24) is 5.43 Å². The van der Waals surface area contributed by atoms with Crippen molar-refractivity contribution in [3.63, 3.8) is 0 Å². The summed E-state index contributed by atoms with van der Waals surface area (Å²) in [6.45, 7) is 6.46. The van der Waals surface area contributed by atoms with Gasteiger partial charge in [-0.3, -0.25) is 4.79 Å². The van der Waals surface area contributed by atoms with Crippen molar-refractivity contribution in [2.75, 3.05) is 20.8 Å². The van der Waals surface area contributed by atoms with Crippen molar-refractivity contribution >= 4 is 12.1 Å². The Morgan fingerprint density at radius 2 is 1.97 bits per heavy atom. The number of hydrogen-bond acceptors (Lipinski definition) is 6. The zero-order chi connectivity index (χ0) is 21.0. The highest BCUT2D eigenvalue weighted by atomic mass is 16.6. The number of fused-ring (bicyclic) bond motifs is 1. The van der Waals surface area contributed by atoms with Crippen LogP contribution in [-0.2, 0) is 10.2 Å². The van der Waals surface area contributed by atoms with Crippen molar-refractivity contribution in [2.24, 2.45) is 5.10 Å². The van der Waals surface area contributed by atoms with Crippen LogP contribution >= 0.6 is 0 Å². The van der Waals surface area contributed by atoms with Gasteiger partial charge in [0.05, 0.1) is 20.4 Å². The molecular formula is C22H26N2O5. The zero-order valence-electron chi connectivity index (χ0n) is 17.3. The molecule has 1 atom stereocenters. The number of hydrogen-bond donors (Lipinski definition) is 1. The van der Waals surface area contributed by atoms with E-state index in [9.17, 15) is 4.79 Å². The summed E-state index contributed by atoms with van der Waals surface area (Å²) in [4.78, 5) is 12.5. The van der Waals surface area contributed by atoms with E-state index in [1.165, 1.54) is 6.21 Å². The van der Waals surface area contributed by atoms with Gasteiger partial charge in [0.1, 0.15) is 6.61 Å². The molecule has 0 aromatic heterocycles. The van der Waals surface area contributed by atoms with E-state index in [0.717, 1.165) is 5.56 Å². The van der Waals surface area contributed by atoms with Gasteiger partial charge in [-0.25, -0.2) is 5.43 Å². The van der Waals surface area contributed by atoms with Crippen LogP contribution in [0.2, 0.25) is 0 Å². The molecule has 0 saturated carbocycles. The fourth-order valence-electron chi connectivity index (χ4n) is 2.92. The third-order valence-corrected chi connectivity index (χ3v) is 4.57. The first-order valence-corrected chi connectivity index (χ1v) is 9.31. The fraction of sp³-hybridized carbons (Fsp3) is 0.364. The number of para-hydroxylation sites is 1. The van der Waals surface area contributed by atoms with Gasteiger partial charge in [-0.15, -0.1) is 0 Å². The smallest absolute Gasteiger partial charge is 0.284 e. The Kier molecular flexibility index (Phi) is 5.96. The Hall–Kier alpha value is -3.22. The van der Waals surface area contributed by atoms with E-state index >= 15 is 0 Å². The SMILES string of the molecule is COc1cccc(C=NNC(=O)C2COc3ccc(C(C)(C)C)cc3O2)c1OC. The molecule has 29 heavy (non-hydrogen) atoms. The molecule has 1 aliphatic rings. The predicted molar refractivity (Wildman–Crippen MR) is 110 cm³/mol. The van der Waals surface area contributed by atoms with Crippen LogP contribution in [0.1, 0.15) is 31.9 Å². The van der Waals surface area contributed by atoms with E-state index in [-0.39, 0.29) is 12.0 Å². The number of ether oxygens (including phenoxy) is 4. The summed E-state index contributed by atoms with van der Waals surface area (Å²) in [5, 5.41) is 4.02. The Balaban J connectivity index is 1.68. The molecule has 0 bridgehead atoms. The van der Waals surface area contributed by atoms with Gasteiger partial charge in [-0.05, 0) is 35.2 Å². The summed E-state index contributed by atoms with van der Waals surface area (Å²) in [7, 11) is 3.11. The van der Waals surface area contributed by atoms with Crippen LogP contribution in [0.15, 0.2) is 41.5 Å². The third kappa shape index (κ3) is 4.62. The molecule has 0 saturated heterocycles. The van der Waals surface area contributed by atoms with Crippen molar-refractivity contribution in [3.8, 4) is 23.0 Å².